The quantitative estimate of drug-likeness (QED) is 0.775. The first-order chi connectivity index (χ1) is 10.3. The van der Waals surface area contributed by atoms with Crippen molar-refractivity contribution in [3.05, 3.63) is 11.6 Å². The number of likely N-dealkylation sites (tertiary alicyclic amines) is 1. The van der Waals surface area contributed by atoms with E-state index in [1.165, 1.54) is 31.5 Å². The van der Waals surface area contributed by atoms with E-state index in [0.717, 1.165) is 38.3 Å². The molecule has 1 aromatic rings. The van der Waals surface area contributed by atoms with Gasteiger partial charge in [-0.2, -0.15) is 0 Å². The molecule has 3 rings (SSSR count). The summed E-state index contributed by atoms with van der Waals surface area (Å²) < 4.78 is 13.1. The first-order valence-corrected chi connectivity index (χ1v) is 8.05. The zero-order valence-electron chi connectivity index (χ0n) is 13.1. The molecule has 0 N–H and O–H groups in total. The molecule has 0 aliphatic carbocycles. The molecule has 1 aromatic heterocycles. The van der Waals surface area contributed by atoms with Crippen molar-refractivity contribution in [2.75, 3.05) is 27.3 Å². The Morgan fingerprint density at radius 3 is 2.76 bits per heavy atom. The van der Waals surface area contributed by atoms with E-state index in [0.29, 0.717) is 6.04 Å². The summed E-state index contributed by atoms with van der Waals surface area (Å²) in [5.74, 6) is 2.32. The van der Waals surface area contributed by atoms with Crippen molar-refractivity contribution in [3.63, 3.8) is 0 Å². The minimum absolute atomic E-state index is 0.169. The highest BCUT2D eigenvalue weighted by Crippen LogP contribution is 2.32. The van der Waals surface area contributed by atoms with Gasteiger partial charge >= 0.3 is 0 Å². The van der Waals surface area contributed by atoms with E-state index >= 15 is 0 Å². The number of fused-ring (bicyclic) bond motifs is 1. The Bertz CT molecular complexity index is 459. The van der Waals surface area contributed by atoms with E-state index in [1.54, 1.807) is 14.2 Å². The predicted octanol–water partition coefficient (Wildman–Crippen LogP) is 1.76. The fourth-order valence-electron chi connectivity index (χ4n) is 3.53. The summed E-state index contributed by atoms with van der Waals surface area (Å²) in [6, 6.07) is 0.358. The normalized spacial score (nSPS) is 23.5. The minimum atomic E-state index is -0.169. The molecular formula is C15H26N4O2. The van der Waals surface area contributed by atoms with Crippen molar-refractivity contribution in [3.8, 4) is 0 Å². The van der Waals surface area contributed by atoms with Crippen LogP contribution in [0.1, 0.15) is 49.8 Å². The fraction of sp³-hybridized carbons (Fsp3) is 0.867. The molecule has 6 nitrogen and oxygen atoms in total. The molecule has 1 saturated heterocycles. The van der Waals surface area contributed by atoms with Gasteiger partial charge in [0, 0.05) is 27.2 Å². The van der Waals surface area contributed by atoms with Crippen LogP contribution < -0.4 is 0 Å². The number of hydrogen-bond acceptors (Lipinski definition) is 5. The van der Waals surface area contributed by atoms with Crippen LogP contribution in [0.4, 0.5) is 0 Å². The lowest BCUT2D eigenvalue weighted by molar-refractivity contribution is -0.118. The minimum Gasteiger partial charge on any atom is -0.355 e. The molecule has 6 heteroatoms. The van der Waals surface area contributed by atoms with Gasteiger partial charge in [-0.3, -0.25) is 4.90 Å². The zero-order valence-corrected chi connectivity index (χ0v) is 13.1. The Morgan fingerprint density at radius 2 is 1.95 bits per heavy atom. The van der Waals surface area contributed by atoms with Crippen molar-refractivity contribution in [1.82, 2.24) is 19.7 Å². The summed E-state index contributed by atoms with van der Waals surface area (Å²) >= 11 is 0. The number of ether oxygens (including phenoxy) is 2. The molecule has 1 atom stereocenters. The largest absolute Gasteiger partial charge is 0.355 e. The van der Waals surface area contributed by atoms with Gasteiger partial charge in [0.25, 0.3) is 0 Å². The molecule has 21 heavy (non-hydrogen) atoms. The van der Waals surface area contributed by atoms with Crippen LogP contribution >= 0.6 is 0 Å². The van der Waals surface area contributed by atoms with E-state index in [-0.39, 0.29) is 6.29 Å². The van der Waals surface area contributed by atoms with Crippen LogP contribution in [-0.2, 0) is 22.4 Å². The number of rotatable bonds is 5. The van der Waals surface area contributed by atoms with Crippen LogP contribution in [0.25, 0.3) is 0 Å². The first-order valence-electron chi connectivity index (χ1n) is 8.05. The van der Waals surface area contributed by atoms with Crippen LogP contribution in [0, 0.1) is 0 Å². The van der Waals surface area contributed by atoms with Crippen molar-refractivity contribution in [2.24, 2.45) is 0 Å². The average Bonchev–Trinajstić information content (AvgIpc) is 3.05. The molecule has 0 spiro atoms. The van der Waals surface area contributed by atoms with E-state index in [1.807, 2.05) is 0 Å². The van der Waals surface area contributed by atoms with E-state index in [4.69, 9.17) is 9.47 Å². The summed E-state index contributed by atoms with van der Waals surface area (Å²) in [5.41, 5.74) is 0. The van der Waals surface area contributed by atoms with Crippen LogP contribution in [-0.4, -0.2) is 53.3 Å². The molecule has 0 saturated carbocycles. The second-order valence-electron chi connectivity index (χ2n) is 5.99. The predicted molar refractivity (Wildman–Crippen MR) is 78.9 cm³/mol. The Morgan fingerprint density at radius 1 is 1.10 bits per heavy atom. The van der Waals surface area contributed by atoms with Crippen LogP contribution in [0.15, 0.2) is 0 Å². The van der Waals surface area contributed by atoms with Crippen LogP contribution in [0.2, 0.25) is 0 Å². The highest BCUT2D eigenvalue weighted by molar-refractivity contribution is 5.05. The molecule has 0 unspecified atom stereocenters. The third-order valence-electron chi connectivity index (χ3n) is 4.71. The number of nitrogens with zero attached hydrogens (tertiary/aromatic N) is 4. The SMILES string of the molecule is COC(CN1CCC[C@H]1c1nnc2n1CCCCC2)OC. The second-order valence-corrected chi connectivity index (χ2v) is 5.99. The van der Waals surface area contributed by atoms with Gasteiger partial charge in [0.05, 0.1) is 12.6 Å². The maximum absolute atomic E-state index is 5.35. The molecule has 0 amide bonds. The summed E-state index contributed by atoms with van der Waals surface area (Å²) in [7, 11) is 3.39. The summed E-state index contributed by atoms with van der Waals surface area (Å²) in [5, 5.41) is 8.96. The zero-order chi connectivity index (χ0) is 14.7. The molecule has 3 heterocycles. The maximum Gasteiger partial charge on any atom is 0.169 e. The highest BCUT2D eigenvalue weighted by atomic mass is 16.7. The standard InChI is InChI=1S/C15H26N4O2/c1-20-14(21-2)11-18-9-6-7-12(18)15-17-16-13-8-4-3-5-10-19(13)15/h12,14H,3-11H2,1-2H3/t12-/m0/s1. The summed E-state index contributed by atoms with van der Waals surface area (Å²) in [6.07, 6.45) is 7.03. The monoisotopic (exact) mass is 294 g/mol. The van der Waals surface area contributed by atoms with Gasteiger partial charge in [-0.1, -0.05) is 6.42 Å². The number of aryl methyl sites for hydroxylation is 1. The Balaban J connectivity index is 1.77. The summed E-state index contributed by atoms with van der Waals surface area (Å²) in [4.78, 5) is 2.43. The topological polar surface area (TPSA) is 52.4 Å². The molecule has 1 fully saturated rings. The van der Waals surface area contributed by atoms with Crippen molar-refractivity contribution in [2.45, 2.75) is 57.4 Å². The summed E-state index contributed by atoms with van der Waals surface area (Å²) in [6.45, 7) is 2.94. The van der Waals surface area contributed by atoms with E-state index in [2.05, 4.69) is 19.7 Å². The molecule has 2 aliphatic heterocycles. The van der Waals surface area contributed by atoms with Gasteiger partial charge < -0.3 is 14.0 Å². The van der Waals surface area contributed by atoms with Gasteiger partial charge in [0.1, 0.15) is 11.6 Å². The third-order valence-corrected chi connectivity index (χ3v) is 4.71. The number of hydrogen-bond donors (Lipinski definition) is 0. The molecule has 118 valence electrons. The average molecular weight is 294 g/mol. The lowest BCUT2D eigenvalue weighted by Crippen LogP contribution is -2.35. The van der Waals surface area contributed by atoms with E-state index < -0.39 is 0 Å². The molecular weight excluding hydrogens is 268 g/mol. The highest BCUT2D eigenvalue weighted by Gasteiger charge is 2.32. The van der Waals surface area contributed by atoms with Gasteiger partial charge in [0.2, 0.25) is 0 Å². The lowest BCUT2D eigenvalue weighted by atomic mass is 10.2. The Labute approximate surface area is 126 Å². The Hall–Kier alpha value is -0.980. The fourth-order valence-corrected chi connectivity index (χ4v) is 3.53. The van der Waals surface area contributed by atoms with Gasteiger partial charge in [0.15, 0.2) is 6.29 Å². The van der Waals surface area contributed by atoms with Crippen LogP contribution in [0.5, 0.6) is 0 Å². The maximum atomic E-state index is 5.35. The number of methoxy groups -OCH3 is 2. The van der Waals surface area contributed by atoms with Crippen molar-refractivity contribution < 1.29 is 9.47 Å². The third kappa shape index (κ3) is 3.12. The molecule has 2 aliphatic rings. The van der Waals surface area contributed by atoms with Gasteiger partial charge in [-0.25, -0.2) is 0 Å². The first kappa shape index (κ1) is 14.9. The number of aromatic nitrogens is 3. The lowest BCUT2D eigenvalue weighted by Gasteiger charge is -2.27. The van der Waals surface area contributed by atoms with Gasteiger partial charge in [-0.15, -0.1) is 10.2 Å². The Kier molecular flexibility index (Phi) is 4.87. The smallest absolute Gasteiger partial charge is 0.169 e. The molecule has 0 aromatic carbocycles. The molecule has 0 bridgehead atoms. The van der Waals surface area contributed by atoms with E-state index in [9.17, 15) is 0 Å². The molecule has 0 radical (unpaired) electrons. The second kappa shape index (κ2) is 6.85. The van der Waals surface area contributed by atoms with Gasteiger partial charge in [-0.05, 0) is 32.2 Å². The van der Waals surface area contributed by atoms with Crippen molar-refractivity contribution >= 4 is 0 Å². The van der Waals surface area contributed by atoms with Crippen molar-refractivity contribution in [1.29, 1.82) is 0 Å². The van der Waals surface area contributed by atoms with Crippen LogP contribution in [0.3, 0.4) is 0 Å².